The van der Waals surface area contributed by atoms with Gasteiger partial charge in [-0.1, -0.05) is 0 Å². The van der Waals surface area contributed by atoms with Crippen molar-refractivity contribution in [3.05, 3.63) is 0 Å². The monoisotopic (exact) mass is 302 g/mol. The van der Waals surface area contributed by atoms with Crippen LogP contribution in [0.15, 0.2) is 0 Å². The van der Waals surface area contributed by atoms with Crippen molar-refractivity contribution in [1.29, 1.82) is 0 Å². The van der Waals surface area contributed by atoms with Crippen LogP contribution in [-0.4, -0.2) is 101 Å². The Hall–Kier alpha value is -1.70. The van der Waals surface area contributed by atoms with Gasteiger partial charge >= 0.3 is 23.6 Å². The fourth-order valence-electron chi connectivity index (χ4n) is 4.17. The second-order valence-electron chi connectivity index (χ2n) is 5.41. The third kappa shape index (κ3) is 0.952. The van der Waals surface area contributed by atoms with Crippen molar-refractivity contribution in [3.8, 4) is 0 Å². The minimum atomic E-state index is -0.848. The average Bonchev–Trinajstić information content (AvgIpc) is 2.79. The van der Waals surface area contributed by atoms with Gasteiger partial charge in [-0.25, -0.2) is 19.1 Å². The smallest absolute Gasteiger partial charge is 0.354 e. The zero-order valence-corrected chi connectivity index (χ0v) is 13.2. The highest BCUT2D eigenvalue weighted by atomic mass is 35.5. The van der Waals surface area contributed by atoms with Crippen LogP contribution >= 0.6 is 0 Å². The van der Waals surface area contributed by atoms with Gasteiger partial charge in [0, 0.05) is 28.2 Å². The summed E-state index contributed by atoms with van der Waals surface area (Å²) in [6, 6.07) is -0.226. The number of nitrogens with zero attached hydrogens (tertiary/aromatic N) is 6. The van der Waals surface area contributed by atoms with Gasteiger partial charge in [0.25, 0.3) is 0 Å². The van der Waals surface area contributed by atoms with Crippen molar-refractivity contribution in [2.24, 2.45) is 0 Å². The predicted octanol–water partition coefficient (Wildman–Crippen LogP) is -4.09. The van der Waals surface area contributed by atoms with Crippen LogP contribution in [0, 0.1) is 0 Å². The highest BCUT2D eigenvalue weighted by Gasteiger charge is 2.87. The number of hydrogen-bond acceptors (Lipinski definition) is 3. The van der Waals surface area contributed by atoms with Crippen LogP contribution in [0.1, 0.15) is 0 Å². The Morgan fingerprint density at radius 2 is 1.30 bits per heavy atom. The fraction of sp³-hybridized carbons (Fsp3) is 0.727. The molecule has 0 atom stereocenters. The fourth-order valence-corrected chi connectivity index (χ4v) is 4.17. The summed E-state index contributed by atoms with van der Waals surface area (Å²) in [6.45, 7) is 0. The van der Waals surface area contributed by atoms with Crippen LogP contribution in [0.4, 0.5) is 9.59 Å². The number of urea groups is 2. The Labute approximate surface area is 124 Å². The molecule has 112 valence electrons. The second kappa shape index (κ2) is 3.69. The molecule has 0 bridgehead atoms. The van der Waals surface area contributed by atoms with Crippen LogP contribution in [-0.2, 0) is 0 Å². The predicted molar refractivity (Wildman–Crippen MR) is 67.3 cm³/mol. The maximum atomic E-state index is 12.4. The van der Waals surface area contributed by atoms with Crippen molar-refractivity contribution in [3.63, 3.8) is 0 Å². The largest absolute Gasteiger partial charge is 1.00 e. The first-order valence-corrected chi connectivity index (χ1v) is 6.09. The summed E-state index contributed by atoms with van der Waals surface area (Å²) in [6.07, 6.45) is 1.92. The van der Waals surface area contributed by atoms with Gasteiger partial charge in [-0.3, -0.25) is 19.6 Å². The lowest BCUT2D eigenvalue weighted by Crippen LogP contribution is -3.00. The number of carbonyl (C=O) groups is 2. The first-order chi connectivity index (χ1) is 8.75. The summed E-state index contributed by atoms with van der Waals surface area (Å²) in [4.78, 5) is 33.3. The molecule has 3 heterocycles. The molecular weight excluding hydrogens is 284 g/mol. The molecule has 3 aliphatic rings. The molecule has 2 fully saturated rings. The van der Waals surface area contributed by atoms with Crippen LogP contribution in [0.25, 0.3) is 0 Å². The molecule has 9 heteroatoms. The van der Waals surface area contributed by atoms with E-state index in [4.69, 9.17) is 0 Å². The molecule has 0 radical (unpaired) electrons. The van der Waals surface area contributed by atoms with Gasteiger partial charge in [0.05, 0.1) is 14.1 Å². The van der Waals surface area contributed by atoms with Crippen LogP contribution in [0.2, 0.25) is 0 Å². The van der Waals surface area contributed by atoms with E-state index in [0.717, 1.165) is 0 Å². The maximum absolute atomic E-state index is 12.4. The molecule has 0 saturated carbocycles. The quantitative estimate of drug-likeness (QED) is 0.428. The Kier molecular flexibility index (Phi) is 2.71. The lowest BCUT2D eigenvalue weighted by Gasteiger charge is -2.39. The topological polar surface area (TPSA) is 53.4 Å². The van der Waals surface area contributed by atoms with E-state index in [2.05, 4.69) is 0 Å². The molecule has 3 rings (SSSR count). The molecule has 0 aliphatic carbocycles. The maximum Gasteiger partial charge on any atom is 0.354 e. The Morgan fingerprint density at radius 3 is 1.65 bits per heavy atom. The normalized spacial score (nSPS) is 35.5. The van der Waals surface area contributed by atoms with E-state index >= 15 is 0 Å². The first kappa shape index (κ1) is 14.7. The van der Waals surface area contributed by atoms with Crippen LogP contribution in [0.5, 0.6) is 0 Å². The summed E-state index contributed by atoms with van der Waals surface area (Å²) >= 11 is 0. The molecule has 0 aromatic heterocycles. The standard InChI is InChI=1S/C11H19N6O2.ClH/c1-12-7-13(2)11-10(12,14(3)8(18)16(11)5)15(4)9(19)17(11)6;/h7H,1-6H3;1H/q+1;/p-1. The van der Waals surface area contributed by atoms with Gasteiger partial charge in [-0.15, -0.1) is 0 Å². The number of amides is 4. The van der Waals surface area contributed by atoms with Crippen molar-refractivity contribution in [2.45, 2.75) is 11.6 Å². The van der Waals surface area contributed by atoms with Crippen molar-refractivity contribution in [2.75, 3.05) is 42.3 Å². The summed E-state index contributed by atoms with van der Waals surface area (Å²) < 4.78 is 1.91. The molecule has 0 aromatic carbocycles. The van der Waals surface area contributed by atoms with E-state index in [9.17, 15) is 9.59 Å². The number of rotatable bonds is 0. The van der Waals surface area contributed by atoms with Crippen molar-refractivity contribution < 1.29 is 26.6 Å². The van der Waals surface area contributed by atoms with E-state index < -0.39 is 11.6 Å². The third-order valence-corrected chi connectivity index (χ3v) is 4.80. The van der Waals surface area contributed by atoms with E-state index in [1.807, 2.05) is 29.9 Å². The van der Waals surface area contributed by atoms with Gasteiger partial charge in [0.1, 0.15) is 0 Å². The van der Waals surface area contributed by atoms with Gasteiger partial charge in [0.2, 0.25) is 6.34 Å². The highest BCUT2D eigenvalue weighted by Crippen LogP contribution is 2.52. The van der Waals surface area contributed by atoms with Gasteiger partial charge in [0.15, 0.2) is 0 Å². The van der Waals surface area contributed by atoms with Crippen molar-refractivity contribution >= 4 is 18.4 Å². The first-order valence-electron chi connectivity index (χ1n) is 6.09. The molecule has 0 unspecified atom stereocenters. The molecule has 2 saturated heterocycles. The molecule has 3 aliphatic heterocycles. The summed E-state index contributed by atoms with van der Waals surface area (Å²) in [5, 5.41) is 0. The van der Waals surface area contributed by atoms with Gasteiger partial charge < -0.3 is 12.4 Å². The third-order valence-electron chi connectivity index (χ3n) is 4.80. The van der Waals surface area contributed by atoms with E-state index in [0.29, 0.717) is 0 Å². The summed E-state index contributed by atoms with van der Waals surface area (Å²) in [7, 11) is 10.7. The molecule has 0 aromatic rings. The van der Waals surface area contributed by atoms with Crippen LogP contribution in [0.3, 0.4) is 0 Å². The van der Waals surface area contributed by atoms with E-state index in [-0.39, 0.29) is 24.5 Å². The Bertz CT molecular complexity index is 507. The van der Waals surface area contributed by atoms with Crippen molar-refractivity contribution in [1.82, 2.24) is 24.5 Å². The van der Waals surface area contributed by atoms with Gasteiger partial charge in [-0.2, -0.15) is 0 Å². The average molecular weight is 303 g/mol. The van der Waals surface area contributed by atoms with E-state index in [1.165, 1.54) is 0 Å². The number of hydrogen-bond donors (Lipinski definition) is 0. The summed E-state index contributed by atoms with van der Waals surface area (Å²) in [5.41, 5.74) is 0. The molecule has 8 nitrogen and oxygen atoms in total. The van der Waals surface area contributed by atoms with E-state index in [1.54, 1.807) is 47.8 Å². The number of likely N-dealkylation sites (N-methyl/N-ethyl adjacent to an activating group) is 6. The molecular formula is C11H19ClN6O2. The van der Waals surface area contributed by atoms with Gasteiger partial charge in [-0.05, 0) is 0 Å². The zero-order chi connectivity index (χ0) is 14.3. The highest BCUT2D eigenvalue weighted by molar-refractivity contribution is 5.88. The Morgan fingerprint density at radius 1 is 0.900 bits per heavy atom. The zero-order valence-electron chi connectivity index (χ0n) is 12.5. The minimum absolute atomic E-state index is 0. The Balaban J connectivity index is 0.00000147. The van der Waals surface area contributed by atoms with Crippen LogP contribution < -0.4 is 12.4 Å². The molecule has 4 amide bonds. The SMILES string of the molecule is CN1C=[N+](C)C23N(C)C(=O)N(C)C12N(C)C(=O)N3C.[Cl-]. The summed E-state index contributed by atoms with van der Waals surface area (Å²) in [5.74, 6) is -1.70. The molecule has 0 N–H and O–H groups in total. The lowest BCUT2D eigenvalue weighted by molar-refractivity contribution is -0.628. The lowest BCUT2D eigenvalue weighted by atomic mass is 10.1. The molecule has 0 spiro atoms. The minimum Gasteiger partial charge on any atom is -1.00 e. The number of carbonyl (C=O) groups excluding carboxylic acids is 2. The molecule has 20 heavy (non-hydrogen) atoms. The number of halogens is 1. The second-order valence-corrected chi connectivity index (χ2v) is 5.41.